The second-order valence-corrected chi connectivity index (χ2v) is 64.8. The Kier molecular flexibility index (Phi) is 602. The molecule has 4 atom stereocenters. The molecular formula is C54H132Cl2N2O6P32S30. The van der Waals surface area contributed by atoms with Gasteiger partial charge in [0.2, 0.25) is 0 Å². The quantitative estimate of drug-likeness (QED) is 0.0833. The molecule has 0 bridgehead atoms. The van der Waals surface area contributed by atoms with Gasteiger partial charge in [0, 0.05) is 13.1 Å². The van der Waals surface area contributed by atoms with Gasteiger partial charge in [0.15, 0.2) is 0 Å². The molecule has 126 heavy (non-hydrogen) atoms. The lowest BCUT2D eigenvalue weighted by molar-refractivity contribution is -0.146. The van der Waals surface area contributed by atoms with E-state index in [0.29, 0.717) is 12.8 Å². The van der Waals surface area contributed by atoms with Crippen LogP contribution in [0.25, 0.3) is 0 Å². The molecule has 0 saturated heterocycles. The van der Waals surface area contributed by atoms with Crippen LogP contribution >= 0.6 is 256 Å². The molecule has 0 aliphatic rings. The monoisotopic (exact) mass is 2930 g/mol. The van der Waals surface area contributed by atoms with Crippen molar-refractivity contribution in [3.05, 3.63) is 50.1 Å². The van der Waals surface area contributed by atoms with Gasteiger partial charge in [-0.05, 0) is 479 Å². The number of esters is 2. The van der Waals surface area contributed by atoms with Gasteiger partial charge in [-0.15, -0.1) is 13.2 Å². The summed E-state index contributed by atoms with van der Waals surface area (Å²) in [5.74, 6) is 1.93. The highest BCUT2D eigenvalue weighted by molar-refractivity contribution is 8.03. The van der Waals surface area contributed by atoms with Crippen molar-refractivity contribution in [1.29, 1.82) is 0 Å². The average molecular weight is 2930 g/mol. The molecule has 0 radical (unpaired) electrons. The molecule has 0 rings (SSSR count). The third-order valence-electron chi connectivity index (χ3n) is 4.84. The first-order valence-corrected chi connectivity index (χ1v) is 106. The van der Waals surface area contributed by atoms with Gasteiger partial charge in [-0.25, -0.2) is 9.34 Å². The molecule has 72 heteroatoms. The van der Waals surface area contributed by atoms with Crippen molar-refractivity contribution >= 4 is 623 Å². The number of ether oxygens (including phenoxy) is 2. The maximum atomic E-state index is 12.2. The molecule has 0 fully saturated rings. The van der Waals surface area contributed by atoms with Crippen LogP contribution in [0.4, 0.5) is 0 Å². The van der Waals surface area contributed by atoms with Crippen LogP contribution in [0.1, 0.15) is 40.5 Å². The van der Waals surface area contributed by atoms with Gasteiger partial charge in [0.1, 0.15) is 12.1 Å². The van der Waals surface area contributed by atoms with E-state index in [1.54, 1.807) is 12.2 Å². The molecule has 0 aliphatic heterocycles. The molecule has 0 N–H and O–H groups in total. The highest BCUT2D eigenvalue weighted by Gasteiger charge is 2.37. The Labute approximate surface area is 986 Å². The summed E-state index contributed by atoms with van der Waals surface area (Å²) in [4.78, 5) is 23.6. The third kappa shape index (κ3) is 592. The topological polar surface area (TPSA) is 93.2 Å². The lowest BCUT2D eigenvalue weighted by atomic mass is 10.0. The van der Waals surface area contributed by atoms with Crippen LogP contribution in [0, 0.1) is 11.8 Å². The molecular weight excluding hydrogens is 2800 g/mol. The highest BCUT2D eigenvalue weighted by atomic mass is 35.7. The number of nitrogens with zero attached hydrogens (tertiary/aromatic N) is 2. The third-order valence-corrected chi connectivity index (χ3v) is 10.0. The zero-order chi connectivity index (χ0) is 110. The van der Waals surface area contributed by atoms with Gasteiger partial charge in [-0.1, -0.05) is 407 Å². The van der Waals surface area contributed by atoms with Gasteiger partial charge < -0.3 is 9.47 Å². The molecule has 0 unspecified atom stereocenters. The number of methoxy groups -OCH3 is 2. The molecule has 0 aromatic carbocycles. The fourth-order valence-electron chi connectivity index (χ4n) is 3.18. The van der Waals surface area contributed by atoms with E-state index in [0.717, 1.165) is 221 Å². The number of hydrogen-bond donors (Lipinski definition) is 0. The number of carbonyl (C=O) groups is 2. The Morgan fingerprint density at radius 3 is 0.381 bits per heavy atom. The highest BCUT2D eigenvalue weighted by Crippen LogP contribution is 2.58. The van der Waals surface area contributed by atoms with Gasteiger partial charge in [0.05, 0.1) is 14.2 Å². The Morgan fingerprint density at radius 1 is 0.254 bits per heavy atom. The molecule has 0 aromatic rings. The van der Waals surface area contributed by atoms with Crippen molar-refractivity contribution in [2.24, 2.45) is 11.8 Å². The number of hydrogen-bond acceptors (Lipinski definition) is 36. The normalized spacial score (nSPS) is 9.60. The molecule has 0 heterocycles. The average Bonchev–Trinajstić information content (AvgIpc) is 0.836. The van der Waals surface area contributed by atoms with Crippen molar-refractivity contribution in [2.45, 2.75) is 52.6 Å². The van der Waals surface area contributed by atoms with Gasteiger partial charge >= 0.3 is 11.9 Å². The number of carbonyl (C=O) groups excluding carboxylic acids is 2. The fraction of sp³-hybridized carbons (Fsp3) is 0.815. The second kappa shape index (κ2) is 327. The van der Waals surface area contributed by atoms with E-state index in [2.05, 4.69) is 381 Å². The lowest BCUT2D eigenvalue weighted by Gasteiger charge is -2.31. The van der Waals surface area contributed by atoms with E-state index in [4.69, 9.17) is 32.0 Å². The number of halogens is 2. The molecule has 8 nitrogen and oxygen atoms in total. The maximum absolute atomic E-state index is 12.2. The van der Waals surface area contributed by atoms with E-state index < -0.39 is 37.3 Å². The van der Waals surface area contributed by atoms with Crippen LogP contribution in [0.5, 0.6) is 0 Å². The van der Waals surface area contributed by atoms with E-state index in [1.807, 2.05) is 228 Å². The molecule has 0 saturated carbocycles. The van der Waals surface area contributed by atoms with Gasteiger partial charge in [0.25, 0.3) is 13.3 Å². The lowest BCUT2D eigenvalue weighted by Crippen LogP contribution is -2.39. The minimum atomic E-state index is -3.28. The largest absolute Gasteiger partial charge is 0.468 e. The first kappa shape index (κ1) is 232. The summed E-state index contributed by atoms with van der Waals surface area (Å²) in [5.41, 5.74) is 0. The summed E-state index contributed by atoms with van der Waals surface area (Å²) in [5, 5.41) is 0. The Hall–Kier alpha value is 14.5. The van der Waals surface area contributed by atoms with Crippen LogP contribution in [-0.4, -0.2) is 261 Å². The Balaban J connectivity index is -0.0000000251. The first-order valence-electron chi connectivity index (χ1n) is 30.3. The van der Waals surface area contributed by atoms with E-state index in [1.165, 1.54) is 35.2 Å². The van der Waals surface area contributed by atoms with Crippen molar-refractivity contribution in [1.82, 2.24) is 9.34 Å². The van der Waals surface area contributed by atoms with E-state index in [9.17, 15) is 18.7 Å². The van der Waals surface area contributed by atoms with E-state index in [-0.39, 0.29) is 24.9 Å². The van der Waals surface area contributed by atoms with Crippen molar-refractivity contribution in [3.8, 4) is 0 Å². The van der Waals surface area contributed by atoms with Gasteiger partial charge in [-0.2, -0.15) is 0 Å². The molecule has 748 valence electrons. The van der Waals surface area contributed by atoms with Crippen LogP contribution in [0.2, 0.25) is 0 Å². The standard InChI is InChI=1S/2C12H21ClNO3P.30CH3PS/c2*1-6-8-14(18(13,16)7-2)11(9-10(3)4)12(15)17-5;30*1-2-3/h2*6-7,10-11H,1-2,8-9H2,3-5H3;30*1H3/t11-,18+;11-,18-;;;;;;;;;;;;;;;;;;;;;;;;;;;;;;/m00............................../s1. The van der Waals surface area contributed by atoms with Crippen LogP contribution in [0.3, 0.4) is 0 Å². The van der Waals surface area contributed by atoms with E-state index >= 15 is 0 Å². The summed E-state index contributed by atoms with van der Waals surface area (Å²) in [6, 6.07) is -1.32. The maximum Gasteiger partial charge on any atom is 0.323 e. The zero-order valence-corrected chi connectivity index (χ0v) is 133. The van der Waals surface area contributed by atoms with Crippen LogP contribution in [-0.2, 0) is 382 Å². The first-order chi connectivity index (χ1) is 59.0. The summed E-state index contributed by atoms with van der Waals surface area (Å²) in [6.45, 7) is 73.2. The summed E-state index contributed by atoms with van der Waals surface area (Å²) < 4.78 is 36.8. The van der Waals surface area contributed by atoms with Crippen LogP contribution in [0.15, 0.2) is 50.1 Å². The second-order valence-electron chi connectivity index (χ2n) is 14.1. The minimum absolute atomic E-state index is 0.235. The SMILES string of the molecule is C=CCN([C@@H](CC(C)C)C(=O)OC)[P@@](=O)(Cl)C=C.C=CCN([C@@H](CC(C)C)C(=O)OC)[P@](=O)(Cl)C=C.CP=S.CP=S.CP=S.CP=S.CP=S.CP=S.CP=S.CP=S.CP=S.CP=S.CP=S.CP=S.CP=S.CP=S.CP=S.CP=S.CP=S.CP=S.CP=S.CP=S.CP=S.CP=S.CP=S.CP=S.CP=S.CP=S.CP=S.CP=S.CP=S.CP=S. The summed E-state index contributed by atoms with van der Waals surface area (Å²) in [7, 11) is 32.6. The Morgan fingerprint density at radius 2 is 0.333 bits per heavy atom. The molecule has 0 aromatic heterocycles. The summed E-state index contributed by atoms with van der Waals surface area (Å²) in [6.07, 6.45) is 4.11. The minimum Gasteiger partial charge on any atom is -0.468 e. The Bertz CT molecular complexity index is 1950. The van der Waals surface area contributed by atoms with Crippen LogP contribution < -0.4 is 0 Å². The fourth-order valence-corrected chi connectivity index (χ4v) is 6.41. The predicted molar refractivity (Wildman–Crippen MR) is 758 cm³/mol. The molecule has 0 spiro atoms. The molecule has 0 aliphatic carbocycles. The number of rotatable bonds is 16. The smallest absolute Gasteiger partial charge is 0.323 e. The van der Waals surface area contributed by atoms with Gasteiger partial charge in [-0.3, -0.25) is 18.7 Å². The molecule has 0 amide bonds. The van der Waals surface area contributed by atoms with Crippen molar-refractivity contribution in [3.63, 3.8) is 0 Å². The van der Waals surface area contributed by atoms with Crippen molar-refractivity contribution in [2.75, 3.05) is 227 Å². The predicted octanol–water partition coefficient (Wildman–Crippen LogP) is 38.0. The zero-order valence-electron chi connectivity index (χ0n) is 77.9. The summed E-state index contributed by atoms with van der Waals surface area (Å²) >= 11 is 143. The van der Waals surface area contributed by atoms with Crippen molar-refractivity contribution < 1.29 is 28.2 Å².